The summed E-state index contributed by atoms with van der Waals surface area (Å²) in [6.07, 6.45) is -4.30. The Morgan fingerprint density at radius 2 is 1.81 bits per heavy atom. The molecular weight excluding hydrogens is 411 g/mol. The predicted octanol–water partition coefficient (Wildman–Crippen LogP) is 4.83. The van der Waals surface area contributed by atoms with Gasteiger partial charge in [0, 0.05) is 24.2 Å². The Hall–Kier alpha value is -3.88. The molecule has 1 amide bonds. The van der Waals surface area contributed by atoms with Crippen molar-refractivity contribution in [3.8, 4) is 11.1 Å². The van der Waals surface area contributed by atoms with Crippen molar-refractivity contribution in [3.63, 3.8) is 0 Å². The van der Waals surface area contributed by atoms with Crippen LogP contribution in [0.4, 0.5) is 30.2 Å². The molecule has 1 atom stereocenters. The van der Waals surface area contributed by atoms with E-state index in [1.165, 1.54) is 42.5 Å². The molecule has 0 bridgehead atoms. The van der Waals surface area contributed by atoms with Crippen LogP contribution in [0.5, 0.6) is 0 Å². The Kier molecular flexibility index (Phi) is 4.88. The van der Waals surface area contributed by atoms with Crippen molar-refractivity contribution in [1.82, 2.24) is 0 Å². The van der Waals surface area contributed by atoms with Crippen molar-refractivity contribution in [2.45, 2.75) is 18.6 Å². The summed E-state index contributed by atoms with van der Waals surface area (Å²) in [5.74, 6) is -0.639. The molecule has 0 fully saturated rings. The normalized spacial score (nSPS) is 15.6. The standard InChI is InChI=1S/C22H16F3N3O3/c23-22(24,25)18-7-2-1-6-17(18)13-4-3-5-15(10-13)27-19-12-16(28(30)31)9-8-14(19)11-20(27)21(26)29/h1-10,12,20H,11H2,(H2,26,29). The van der Waals surface area contributed by atoms with Gasteiger partial charge in [-0.1, -0.05) is 36.4 Å². The van der Waals surface area contributed by atoms with Crippen LogP contribution < -0.4 is 10.6 Å². The van der Waals surface area contributed by atoms with E-state index in [0.29, 0.717) is 22.5 Å². The third-order valence-electron chi connectivity index (χ3n) is 5.26. The van der Waals surface area contributed by atoms with Gasteiger partial charge in [0.15, 0.2) is 0 Å². The molecule has 1 unspecified atom stereocenters. The molecule has 158 valence electrons. The van der Waals surface area contributed by atoms with Crippen molar-refractivity contribution < 1.29 is 22.9 Å². The first-order valence-electron chi connectivity index (χ1n) is 9.29. The Morgan fingerprint density at radius 1 is 1.06 bits per heavy atom. The molecule has 1 aliphatic rings. The molecule has 0 radical (unpaired) electrons. The Bertz CT molecular complexity index is 1190. The number of nitrogens with zero attached hydrogens (tertiary/aromatic N) is 2. The van der Waals surface area contributed by atoms with E-state index in [0.717, 1.165) is 6.07 Å². The van der Waals surface area contributed by atoms with E-state index in [-0.39, 0.29) is 17.7 Å². The van der Waals surface area contributed by atoms with Crippen LogP contribution in [0.1, 0.15) is 11.1 Å². The average molecular weight is 427 g/mol. The number of amides is 1. The largest absolute Gasteiger partial charge is 0.417 e. The number of fused-ring (bicyclic) bond motifs is 1. The molecule has 1 heterocycles. The van der Waals surface area contributed by atoms with Crippen LogP contribution in [-0.4, -0.2) is 16.9 Å². The minimum atomic E-state index is -4.54. The average Bonchev–Trinajstić information content (AvgIpc) is 3.12. The fourth-order valence-corrected chi connectivity index (χ4v) is 3.88. The molecule has 4 rings (SSSR count). The number of benzene rings is 3. The number of nitro groups is 1. The molecule has 0 saturated heterocycles. The predicted molar refractivity (Wildman–Crippen MR) is 109 cm³/mol. The minimum absolute atomic E-state index is 0.00839. The van der Waals surface area contributed by atoms with Gasteiger partial charge < -0.3 is 10.6 Å². The van der Waals surface area contributed by atoms with Gasteiger partial charge >= 0.3 is 6.18 Å². The van der Waals surface area contributed by atoms with Crippen LogP contribution >= 0.6 is 0 Å². The molecule has 9 heteroatoms. The number of halogens is 3. The van der Waals surface area contributed by atoms with Crippen LogP contribution in [-0.2, 0) is 17.4 Å². The summed E-state index contributed by atoms with van der Waals surface area (Å²) in [5.41, 5.74) is 6.45. The van der Waals surface area contributed by atoms with E-state index >= 15 is 0 Å². The summed E-state index contributed by atoms with van der Waals surface area (Å²) in [6, 6.07) is 14.9. The second-order valence-electron chi connectivity index (χ2n) is 7.16. The molecule has 3 aromatic rings. The first kappa shape index (κ1) is 20.4. The van der Waals surface area contributed by atoms with Crippen molar-refractivity contribution in [1.29, 1.82) is 0 Å². The molecule has 1 aliphatic heterocycles. The monoisotopic (exact) mass is 427 g/mol. The minimum Gasteiger partial charge on any atom is -0.368 e. The fourth-order valence-electron chi connectivity index (χ4n) is 3.88. The van der Waals surface area contributed by atoms with E-state index < -0.39 is 28.6 Å². The lowest BCUT2D eigenvalue weighted by atomic mass is 9.98. The second kappa shape index (κ2) is 7.42. The fraction of sp³-hybridized carbons (Fsp3) is 0.136. The highest BCUT2D eigenvalue weighted by atomic mass is 19.4. The number of alkyl halides is 3. The summed E-state index contributed by atoms with van der Waals surface area (Å²) >= 11 is 0. The Morgan fingerprint density at radius 3 is 2.48 bits per heavy atom. The molecular formula is C22H16F3N3O3. The molecule has 0 spiro atoms. The topological polar surface area (TPSA) is 89.5 Å². The third-order valence-corrected chi connectivity index (χ3v) is 5.26. The number of hydrogen-bond donors (Lipinski definition) is 1. The van der Waals surface area contributed by atoms with Crippen LogP contribution in [0.15, 0.2) is 66.7 Å². The van der Waals surface area contributed by atoms with E-state index in [1.807, 2.05) is 0 Å². The molecule has 0 aromatic heterocycles. The molecule has 2 N–H and O–H groups in total. The van der Waals surface area contributed by atoms with Gasteiger partial charge in [-0.05, 0) is 34.9 Å². The van der Waals surface area contributed by atoms with Crippen LogP contribution in [0.2, 0.25) is 0 Å². The van der Waals surface area contributed by atoms with Crippen molar-refractivity contribution in [3.05, 3.63) is 88.0 Å². The number of nitrogens with two attached hydrogens (primary N) is 1. The summed E-state index contributed by atoms with van der Waals surface area (Å²) in [4.78, 5) is 24.3. The lowest BCUT2D eigenvalue weighted by molar-refractivity contribution is -0.384. The number of rotatable bonds is 4. The maximum atomic E-state index is 13.5. The Balaban J connectivity index is 1.86. The van der Waals surface area contributed by atoms with E-state index in [1.54, 1.807) is 23.1 Å². The van der Waals surface area contributed by atoms with Gasteiger partial charge in [0.1, 0.15) is 6.04 Å². The zero-order valence-corrected chi connectivity index (χ0v) is 16.0. The quantitative estimate of drug-likeness (QED) is 0.477. The van der Waals surface area contributed by atoms with Gasteiger partial charge in [-0.25, -0.2) is 0 Å². The first-order chi connectivity index (χ1) is 14.7. The molecule has 31 heavy (non-hydrogen) atoms. The lowest BCUT2D eigenvalue weighted by Gasteiger charge is -2.26. The summed E-state index contributed by atoms with van der Waals surface area (Å²) in [7, 11) is 0. The highest BCUT2D eigenvalue weighted by Gasteiger charge is 2.36. The smallest absolute Gasteiger partial charge is 0.368 e. The van der Waals surface area contributed by atoms with Crippen molar-refractivity contribution in [2.24, 2.45) is 5.73 Å². The molecule has 0 aliphatic carbocycles. The summed E-state index contributed by atoms with van der Waals surface area (Å²) < 4.78 is 40.5. The van der Waals surface area contributed by atoms with Crippen LogP contribution in [0.3, 0.4) is 0 Å². The van der Waals surface area contributed by atoms with Crippen LogP contribution in [0, 0.1) is 10.1 Å². The number of primary amides is 1. The number of nitro benzene ring substituents is 1. The first-order valence-corrected chi connectivity index (χ1v) is 9.29. The van der Waals surface area contributed by atoms with Gasteiger partial charge in [-0.15, -0.1) is 0 Å². The zero-order chi connectivity index (χ0) is 22.3. The highest BCUT2D eigenvalue weighted by Crippen LogP contribution is 2.42. The molecule has 0 saturated carbocycles. The highest BCUT2D eigenvalue weighted by molar-refractivity contribution is 5.91. The number of hydrogen-bond acceptors (Lipinski definition) is 4. The van der Waals surface area contributed by atoms with E-state index in [4.69, 9.17) is 5.73 Å². The molecule has 6 nitrogen and oxygen atoms in total. The van der Waals surface area contributed by atoms with Gasteiger partial charge in [0.05, 0.1) is 16.2 Å². The second-order valence-corrected chi connectivity index (χ2v) is 7.16. The van der Waals surface area contributed by atoms with Gasteiger partial charge in [0.2, 0.25) is 5.91 Å². The number of non-ortho nitro benzene ring substituents is 1. The SMILES string of the molecule is NC(=O)C1Cc2ccc([N+](=O)[O-])cc2N1c1cccc(-c2ccccc2C(F)(F)F)c1. The zero-order valence-electron chi connectivity index (χ0n) is 16.0. The van der Waals surface area contributed by atoms with Crippen molar-refractivity contribution >= 4 is 23.0 Å². The van der Waals surface area contributed by atoms with Gasteiger partial charge in [0.25, 0.3) is 5.69 Å². The maximum absolute atomic E-state index is 13.5. The maximum Gasteiger partial charge on any atom is 0.417 e. The summed E-state index contributed by atoms with van der Waals surface area (Å²) in [5, 5.41) is 11.2. The molecule has 3 aromatic carbocycles. The van der Waals surface area contributed by atoms with Gasteiger partial charge in [-0.3, -0.25) is 14.9 Å². The Labute approximate surface area is 174 Å². The van der Waals surface area contributed by atoms with Gasteiger partial charge in [-0.2, -0.15) is 13.2 Å². The van der Waals surface area contributed by atoms with E-state index in [9.17, 15) is 28.1 Å². The number of carbonyl (C=O) groups is 1. The number of anilines is 2. The summed E-state index contributed by atoms with van der Waals surface area (Å²) in [6.45, 7) is 0. The lowest BCUT2D eigenvalue weighted by Crippen LogP contribution is -2.40. The van der Waals surface area contributed by atoms with Crippen molar-refractivity contribution in [2.75, 3.05) is 4.90 Å². The van der Waals surface area contributed by atoms with E-state index in [2.05, 4.69) is 0 Å². The van der Waals surface area contributed by atoms with Crippen LogP contribution in [0.25, 0.3) is 11.1 Å². The number of carbonyl (C=O) groups excluding carboxylic acids is 1. The third kappa shape index (κ3) is 3.70.